The van der Waals surface area contributed by atoms with Gasteiger partial charge >= 0.3 is 0 Å². The fourth-order valence-electron chi connectivity index (χ4n) is 1.01. The van der Waals surface area contributed by atoms with E-state index in [0.29, 0.717) is 5.65 Å². The lowest BCUT2D eigenvalue weighted by Crippen LogP contribution is -1.93. The van der Waals surface area contributed by atoms with E-state index in [1.54, 1.807) is 6.20 Å². The van der Waals surface area contributed by atoms with Crippen LogP contribution in [0.1, 0.15) is 12.6 Å². The van der Waals surface area contributed by atoms with Crippen LogP contribution in [0.3, 0.4) is 0 Å². The van der Waals surface area contributed by atoms with Crippen LogP contribution < -0.4 is 0 Å². The summed E-state index contributed by atoms with van der Waals surface area (Å²) in [7, 11) is 0. The fraction of sp³-hybridized carbons (Fsp3) is 0.250. The van der Waals surface area contributed by atoms with Crippen LogP contribution in [0.5, 0.6) is 0 Å². The van der Waals surface area contributed by atoms with Crippen molar-refractivity contribution in [1.82, 2.24) is 20.2 Å². The molecule has 0 radical (unpaired) electrons. The quantitative estimate of drug-likeness (QED) is 0.624. The SMILES string of the molecule is CCc1cc2cncnc2nn1. The van der Waals surface area contributed by atoms with Gasteiger partial charge in [0.25, 0.3) is 0 Å². The van der Waals surface area contributed by atoms with E-state index in [0.717, 1.165) is 17.5 Å². The van der Waals surface area contributed by atoms with Gasteiger partial charge in [-0.05, 0) is 12.5 Å². The predicted octanol–water partition coefficient (Wildman–Crippen LogP) is 0.982. The van der Waals surface area contributed by atoms with Crippen molar-refractivity contribution in [2.45, 2.75) is 13.3 Å². The molecule has 0 aliphatic carbocycles. The Morgan fingerprint density at radius 2 is 2.25 bits per heavy atom. The number of fused-ring (bicyclic) bond motifs is 1. The first-order valence-corrected chi connectivity index (χ1v) is 3.82. The second-order valence-corrected chi connectivity index (χ2v) is 2.49. The molecule has 2 aromatic rings. The molecule has 60 valence electrons. The second-order valence-electron chi connectivity index (χ2n) is 2.49. The summed E-state index contributed by atoms with van der Waals surface area (Å²) in [6.45, 7) is 2.04. The van der Waals surface area contributed by atoms with E-state index >= 15 is 0 Å². The third-order valence-electron chi connectivity index (χ3n) is 1.68. The van der Waals surface area contributed by atoms with Crippen molar-refractivity contribution in [3.8, 4) is 0 Å². The van der Waals surface area contributed by atoms with Crippen LogP contribution in [0.2, 0.25) is 0 Å². The molecule has 0 aliphatic rings. The van der Waals surface area contributed by atoms with Gasteiger partial charge in [-0.2, -0.15) is 5.10 Å². The second kappa shape index (κ2) is 2.81. The topological polar surface area (TPSA) is 51.6 Å². The highest BCUT2D eigenvalue weighted by molar-refractivity contribution is 5.72. The van der Waals surface area contributed by atoms with Crippen molar-refractivity contribution >= 4 is 11.0 Å². The largest absolute Gasteiger partial charge is 0.244 e. The molecule has 0 atom stereocenters. The molecule has 4 heteroatoms. The Morgan fingerprint density at radius 3 is 3.08 bits per heavy atom. The normalized spacial score (nSPS) is 10.4. The van der Waals surface area contributed by atoms with Gasteiger partial charge in [0.2, 0.25) is 0 Å². The minimum Gasteiger partial charge on any atom is -0.244 e. The Kier molecular flexibility index (Phi) is 1.66. The van der Waals surface area contributed by atoms with Crippen molar-refractivity contribution in [3.05, 3.63) is 24.3 Å². The zero-order chi connectivity index (χ0) is 8.39. The van der Waals surface area contributed by atoms with Gasteiger partial charge in [-0.15, -0.1) is 5.10 Å². The lowest BCUT2D eigenvalue weighted by atomic mass is 10.3. The van der Waals surface area contributed by atoms with Gasteiger partial charge in [-0.1, -0.05) is 6.92 Å². The van der Waals surface area contributed by atoms with Gasteiger partial charge in [0.05, 0.1) is 5.69 Å². The first-order chi connectivity index (χ1) is 5.90. The van der Waals surface area contributed by atoms with Crippen LogP contribution in [0.25, 0.3) is 11.0 Å². The van der Waals surface area contributed by atoms with Crippen LogP contribution in [0.15, 0.2) is 18.6 Å². The van der Waals surface area contributed by atoms with Gasteiger partial charge < -0.3 is 0 Å². The van der Waals surface area contributed by atoms with Gasteiger partial charge in [0.1, 0.15) is 6.33 Å². The van der Waals surface area contributed by atoms with Crippen LogP contribution >= 0.6 is 0 Å². The molecule has 0 amide bonds. The molecule has 0 N–H and O–H groups in total. The lowest BCUT2D eigenvalue weighted by molar-refractivity contribution is 0.931. The Labute approximate surface area is 69.7 Å². The maximum absolute atomic E-state index is 3.99. The Hall–Kier alpha value is -1.58. The zero-order valence-electron chi connectivity index (χ0n) is 6.73. The summed E-state index contributed by atoms with van der Waals surface area (Å²) in [5.74, 6) is 0. The molecule has 0 bridgehead atoms. The van der Waals surface area contributed by atoms with E-state index in [1.165, 1.54) is 6.33 Å². The minimum atomic E-state index is 0.655. The standard InChI is InChI=1S/C8H8N4/c1-2-7-3-6-4-9-5-10-8(6)12-11-7/h3-5H,2H2,1H3. The molecule has 0 spiro atoms. The van der Waals surface area contributed by atoms with E-state index in [2.05, 4.69) is 20.2 Å². The van der Waals surface area contributed by atoms with Gasteiger partial charge in [-0.3, -0.25) is 0 Å². The highest BCUT2D eigenvalue weighted by Gasteiger charge is 1.97. The summed E-state index contributed by atoms with van der Waals surface area (Å²) >= 11 is 0. The first kappa shape index (κ1) is 7.09. The molecule has 0 fully saturated rings. The van der Waals surface area contributed by atoms with Crippen LogP contribution in [-0.4, -0.2) is 20.2 Å². The van der Waals surface area contributed by atoms with Crippen molar-refractivity contribution in [3.63, 3.8) is 0 Å². The maximum atomic E-state index is 3.99. The van der Waals surface area contributed by atoms with Crippen molar-refractivity contribution < 1.29 is 0 Å². The van der Waals surface area contributed by atoms with Crippen molar-refractivity contribution in [2.75, 3.05) is 0 Å². The third kappa shape index (κ3) is 1.11. The van der Waals surface area contributed by atoms with E-state index in [4.69, 9.17) is 0 Å². The molecule has 2 heterocycles. The molecule has 0 saturated heterocycles. The van der Waals surface area contributed by atoms with Crippen LogP contribution in [0.4, 0.5) is 0 Å². The number of aromatic nitrogens is 4. The molecule has 0 unspecified atom stereocenters. The number of hydrogen-bond donors (Lipinski definition) is 0. The lowest BCUT2D eigenvalue weighted by Gasteiger charge is -1.95. The Balaban J connectivity index is 2.67. The summed E-state index contributed by atoms with van der Waals surface area (Å²) in [5.41, 5.74) is 1.62. The van der Waals surface area contributed by atoms with E-state index < -0.39 is 0 Å². The number of hydrogen-bond acceptors (Lipinski definition) is 4. The fourth-order valence-corrected chi connectivity index (χ4v) is 1.01. The molecule has 2 rings (SSSR count). The molecule has 12 heavy (non-hydrogen) atoms. The first-order valence-electron chi connectivity index (χ1n) is 3.82. The van der Waals surface area contributed by atoms with Crippen molar-refractivity contribution in [1.29, 1.82) is 0 Å². The molecule has 2 aromatic heterocycles. The Bertz CT molecular complexity index is 399. The molecule has 0 aliphatic heterocycles. The average molecular weight is 160 g/mol. The van der Waals surface area contributed by atoms with Crippen LogP contribution in [0, 0.1) is 0 Å². The average Bonchev–Trinajstić information content (AvgIpc) is 2.17. The van der Waals surface area contributed by atoms with Gasteiger partial charge in [0, 0.05) is 11.6 Å². The summed E-state index contributed by atoms with van der Waals surface area (Å²) in [6, 6.07) is 1.96. The number of rotatable bonds is 1. The summed E-state index contributed by atoms with van der Waals surface area (Å²) in [4.78, 5) is 7.88. The summed E-state index contributed by atoms with van der Waals surface area (Å²) < 4.78 is 0. The summed E-state index contributed by atoms with van der Waals surface area (Å²) in [6.07, 6.45) is 4.11. The smallest absolute Gasteiger partial charge is 0.184 e. The maximum Gasteiger partial charge on any atom is 0.184 e. The molecular formula is C8H8N4. The molecule has 0 saturated carbocycles. The number of aryl methyl sites for hydroxylation is 1. The van der Waals surface area contributed by atoms with Crippen molar-refractivity contribution in [2.24, 2.45) is 0 Å². The van der Waals surface area contributed by atoms with Gasteiger partial charge in [0.15, 0.2) is 5.65 Å². The predicted molar refractivity (Wildman–Crippen MR) is 44.5 cm³/mol. The number of nitrogens with zero attached hydrogens (tertiary/aromatic N) is 4. The van der Waals surface area contributed by atoms with E-state index in [1.807, 2.05) is 13.0 Å². The highest BCUT2D eigenvalue weighted by atomic mass is 15.1. The van der Waals surface area contributed by atoms with E-state index in [9.17, 15) is 0 Å². The van der Waals surface area contributed by atoms with E-state index in [-0.39, 0.29) is 0 Å². The zero-order valence-corrected chi connectivity index (χ0v) is 6.73. The van der Waals surface area contributed by atoms with Gasteiger partial charge in [-0.25, -0.2) is 9.97 Å². The third-order valence-corrected chi connectivity index (χ3v) is 1.68. The minimum absolute atomic E-state index is 0.655. The highest BCUT2D eigenvalue weighted by Crippen LogP contribution is 2.06. The molecule has 4 nitrogen and oxygen atoms in total. The van der Waals surface area contributed by atoms with Crippen LogP contribution in [-0.2, 0) is 6.42 Å². The Morgan fingerprint density at radius 1 is 1.33 bits per heavy atom. The molecule has 0 aromatic carbocycles. The summed E-state index contributed by atoms with van der Waals surface area (Å²) in [5, 5.41) is 8.88. The monoisotopic (exact) mass is 160 g/mol. The molecular weight excluding hydrogens is 152 g/mol.